The second-order valence-electron chi connectivity index (χ2n) is 12.1. The number of rotatable bonds is 4. The number of fused-ring (bicyclic) bond motifs is 3. The summed E-state index contributed by atoms with van der Waals surface area (Å²) in [7, 11) is 0. The number of ketones is 1. The zero-order valence-corrected chi connectivity index (χ0v) is 22.4. The number of carbonyl (C=O) groups excluding carboxylic acids is 2. The third kappa shape index (κ3) is 3.84. The largest absolute Gasteiger partial charge is 0.455 e. The first-order valence-corrected chi connectivity index (χ1v) is 13.8. The van der Waals surface area contributed by atoms with Gasteiger partial charge in [0.25, 0.3) is 0 Å². The minimum Gasteiger partial charge on any atom is -0.455 e. The smallest absolute Gasteiger partial charge is 0.320 e. The molecule has 9 heteroatoms. The monoisotopic (exact) mass is 511 g/mol. The third-order valence-electron chi connectivity index (χ3n) is 9.44. The number of thioether (sulfide) groups is 1. The standard InChI is InChI=1S/C26H41NO7S/c1-7-23(4)14-17(29)26(32)24(5)16(28)8-9-22(2,3)20(24)19(31)21(25(26,6)34-23)33-18(30)15-27-10-12-35-13-11-27/h7,16,19-21,28,31-32H,1,8-15H2,2-6H3/t16-,19?,20?,21?,23-,24?,25+,26-/m0/s1. The first kappa shape index (κ1) is 27.1. The van der Waals surface area contributed by atoms with Gasteiger partial charge in [-0.05, 0) is 32.1 Å². The summed E-state index contributed by atoms with van der Waals surface area (Å²) in [5, 5.41) is 35.6. The van der Waals surface area contributed by atoms with Crippen LogP contribution in [0.5, 0.6) is 0 Å². The zero-order chi connectivity index (χ0) is 26.0. The molecule has 2 saturated carbocycles. The van der Waals surface area contributed by atoms with Gasteiger partial charge in [-0.2, -0.15) is 11.8 Å². The molecule has 35 heavy (non-hydrogen) atoms. The van der Waals surface area contributed by atoms with Gasteiger partial charge in [0.15, 0.2) is 17.5 Å². The second-order valence-corrected chi connectivity index (χ2v) is 13.4. The molecule has 198 valence electrons. The summed E-state index contributed by atoms with van der Waals surface area (Å²) in [5.41, 5.74) is -7.10. The molecule has 2 heterocycles. The van der Waals surface area contributed by atoms with Gasteiger partial charge in [-0.3, -0.25) is 14.5 Å². The normalized spacial score (nSPS) is 47.9. The van der Waals surface area contributed by atoms with Crippen LogP contribution in [0.25, 0.3) is 0 Å². The molecule has 0 aromatic rings. The predicted molar refractivity (Wildman–Crippen MR) is 133 cm³/mol. The van der Waals surface area contributed by atoms with Gasteiger partial charge in [0.1, 0.15) is 5.60 Å². The minimum absolute atomic E-state index is 0.0545. The fraction of sp³-hybridized carbons (Fsp3) is 0.846. The highest BCUT2D eigenvalue weighted by molar-refractivity contribution is 7.99. The van der Waals surface area contributed by atoms with E-state index < -0.39 is 63.6 Å². The van der Waals surface area contributed by atoms with Crippen molar-refractivity contribution in [3.8, 4) is 0 Å². The Morgan fingerprint density at radius 3 is 2.46 bits per heavy atom. The summed E-state index contributed by atoms with van der Waals surface area (Å²) >= 11 is 1.83. The van der Waals surface area contributed by atoms with Gasteiger partial charge in [0.05, 0.1) is 24.4 Å². The summed E-state index contributed by atoms with van der Waals surface area (Å²) < 4.78 is 12.4. The maximum Gasteiger partial charge on any atom is 0.320 e. The maximum absolute atomic E-state index is 13.9. The van der Waals surface area contributed by atoms with Crippen molar-refractivity contribution in [1.82, 2.24) is 4.90 Å². The van der Waals surface area contributed by atoms with Gasteiger partial charge in [0.2, 0.25) is 0 Å². The van der Waals surface area contributed by atoms with Crippen LogP contribution in [-0.2, 0) is 19.1 Å². The predicted octanol–water partition coefficient (Wildman–Crippen LogP) is 1.55. The summed E-state index contributed by atoms with van der Waals surface area (Å²) in [6, 6.07) is 0. The van der Waals surface area contributed by atoms with Crippen molar-refractivity contribution in [2.45, 2.75) is 89.0 Å². The van der Waals surface area contributed by atoms with E-state index in [2.05, 4.69) is 6.58 Å². The molecule has 0 bridgehead atoms. The van der Waals surface area contributed by atoms with Crippen LogP contribution >= 0.6 is 11.8 Å². The lowest BCUT2D eigenvalue weighted by molar-refractivity contribution is -0.370. The number of esters is 1. The number of hydrogen-bond acceptors (Lipinski definition) is 9. The van der Waals surface area contributed by atoms with Crippen molar-refractivity contribution in [2.24, 2.45) is 16.7 Å². The van der Waals surface area contributed by atoms with E-state index in [1.807, 2.05) is 30.5 Å². The van der Waals surface area contributed by atoms with Crippen molar-refractivity contribution in [3.05, 3.63) is 12.7 Å². The van der Waals surface area contributed by atoms with E-state index in [4.69, 9.17) is 9.47 Å². The molecule has 0 radical (unpaired) electrons. The number of nitrogens with zero attached hydrogens (tertiary/aromatic N) is 1. The maximum atomic E-state index is 13.9. The highest BCUT2D eigenvalue weighted by Gasteiger charge is 2.81. The van der Waals surface area contributed by atoms with Crippen molar-refractivity contribution >= 4 is 23.5 Å². The molecule has 4 unspecified atom stereocenters. The van der Waals surface area contributed by atoms with Gasteiger partial charge in [-0.1, -0.05) is 26.8 Å². The van der Waals surface area contributed by atoms with Crippen LogP contribution in [0.1, 0.15) is 53.9 Å². The topological polar surface area (TPSA) is 117 Å². The number of carbonyl (C=O) groups is 2. The Morgan fingerprint density at radius 2 is 1.86 bits per heavy atom. The Balaban J connectivity index is 1.81. The van der Waals surface area contributed by atoms with Crippen molar-refractivity contribution < 1.29 is 34.4 Å². The quantitative estimate of drug-likeness (QED) is 0.382. The van der Waals surface area contributed by atoms with E-state index in [9.17, 15) is 24.9 Å². The minimum atomic E-state index is -2.20. The van der Waals surface area contributed by atoms with E-state index >= 15 is 0 Å². The third-order valence-corrected chi connectivity index (χ3v) is 10.4. The number of aliphatic hydroxyl groups is 3. The fourth-order valence-electron chi connectivity index (χ4n) is 7.60. The van der Waals surface area contributed by atoms with Crippen LogP contribution in [0, 0.1) is 16.7 Å². The highest BCUT2D eigenvalue weighted by Crippen LogP contribution is 2.67. The Morgan fingerprint density at radius 1 is 1.23 bits per heavy atom. The van der Waals surface area contributed by atoms with Gasteiger partial charge in [-0.15, -0.1) is 6.58 Å². The van der Waals surface area contributed by atoms with Crippen molar-refractivity contribution in [2.75, 3.05) is 31.1 Å². The first-order valence-electron chi connectivity index (χ1n) is 12.6. The summed E-state index contributed by atoms with van der Waals surface area (Å²) in [4.78, 5) is 29.0. The average molecular weight is 512 g/mol. The molecule has 0 aromatic heterocycles. The number of ether oxygens (including phenoxy) is 2. The van der Waals surface area contributed by atoms with Gasteiger partial charge in [-0.25, -0.2) is 0 Å². The summed E-state index contributed by atoms with van der Waals surface area (Å²) in [6.07, 6.45) is -1.32. The first-order chi connectivity index (χ1) is 16.2. The summed E-state index contributed by atoms with van der Waals surface area (Å²) in [6.45, 7) is 14.2. The summed E-state index contributed by atoms with van der Waals surface area (Å²) in [5.74, 6) is 0.0989. The number of Topliss-reactive ketones (excluding diaryl/α,β-unsaturated/α-hetero) is 1. The van der Waals surface area contributed by atoms with Crippen LogP contribution in [0.2, 0.25) is 0 Å². The fourth-order valence-corrected chi connectivity index (χ4v) is 8.58. The molecule has 0 aromatic carbocycles. The van der Waals surface area contributed by atoms with E-state index in [1.165, 1.54) is 13.0 Å². The van der Waals surface area contributed by atoms with Crippen LogP contribution in [0.3, 0.4) is 0 Å². The Kier molecular flexibility index (Phi) is 6.81. The van der Waals surface area contributed by atoms with Crippen LogP contribution in [0.15, 0.2) is 12.7 Å². The molecule has 4 fully saturated rings. The molecule has 0 amide bonds. The lowest BCUT2D eigenvalue weighted by atomic mass is 9.40. The number of hydrogen-bond donors (Lipinski definition) is 3. The molecule has 2 aliphatic carbocycles. The lowest BCUT2D eigenvalue weighted by Crippen LogP contribution is -2.86. The second kappa shape index (κ2) is 8.81. The van der Waals surface area contributed by atoms with E-state index in [1.54, 1.807) is 13.8 Å². The van der Waals surface area contributed by atoms with E-state index in [0.29, 0.717) is 12.8 Å². The lowest BCUT2D eigenvalue weighted by Gasteiger charge is -2.71. The highest BCUT2D eigenvalue weighted by atomic mass is 32.2. The molecule has 8 nitrogen and oxygen atoms in total. The van der Waals surface area contributed by atoms with Gasteiger partial charge >= 0.3 is 5.97 Å². The van der Waals surface area contributed by atoms with Crippen LogP contribution in [0.4, 0.5) is 0 Å². The SMILES string of the molecule is C=C[C@@]1(C)CC(=O)[C@]2(O)C3(C)C(C(O)C(OC(=O)CN4CCSCC4)[C@@]2(C)O1)C(C)(C)CC[C@@H]3O. The molecular weight excluding hydrogens is 470 g/mol. The van der Waals surface area contributed by atoms with E-state index in [0.717, 1.165) is 24.6 Å². The molecule has 0 spiro atoms. The number of aliphatic hydroxyl groups excluding tert-OH is 2. The van der Waals surface area contributed by atoms with Crippen molar-refractivity contribution in [3.63, 3.8) is 0 Å². The van der Waals surface area contributed by atoms with Gasteiger partial charge in [0, 0.05) is 42.3 Å². The Bertz CT molecular complexity index is 891. The van der Waals surface area contributed by atoms with E-state index in [-0.39, 0.29) is 13.0 Å². The molecule has 4 aliphatic rings. The molecular formula is C26H41NO7S. The van der Waals surface area contributed by atoms with Crippen molar-refractivity contribution in [1.29, 1.82) is 0 Å². The Labute approximate surface area is 212 Å². The molecule has 3 N–H and O–H groups in total. The van der Waals surface area contributed by atoms with Gasteiger partial charge < -0.3 is 24.8 Å². The zero-order valence-electron chi connectivity index (χ0n) is 21.6. The van der Waals surface area contributed by atoms with Crippen LogP contribution in [-0.4, -0.2) is 98.2 Å². The molecule has 4 rings (SSSR count). The van der Waals surface area contributed by atoms with Crippen LogP contribution < -0.4 is 0 Å². The molecule has 2 aliphatic heterocycles. The molecule has 2 saturated heterocycles. The molecule has 8 atom stereocenters. The Hall–Kier alpha value is -0.970. The average Bonchev–Trinajstić information content (AvgIpc) is 2.78.